The molecule has 1 N–H and O–H groups in total. The number of fused-ring (bicyclic) bond motifs is 1. The smallest absolute Gasteiger partial charge is 0.240 e. The first-order chi connectivity index (χ1) is 12.4. The highest BCUT2D eigenvalue weighted by Crippen LogP contribution is 2.35. The normalized spacial score (nSPS) is 23.5. The largest absolute Gasteiger partial charge is 0.339 e. The molecule has 5 nitrogen and oxygen atoms in total. The molecule has 3 rings (SSSR count). The summed E-state index contributed by atoms with van der Waals surface area (Å²) in [6.45, 7) is 4.64. The van der Waals surface area contributed by atoms with Crippen LogP contribution in [0.2, 0.25) is 0 Å². The van der Waals surface area contributed by atoms with Crippen molar-refractivity contribution in [3.63, 3.8) is 0 Å². The van der Waals surface area contributed by atoms with E-state index in [-0.39, 0.29) is 18.9 Å². The fraction of sp³-hybridized carbons (Fsp3) is 0.650. The van der Waals surface area contributed by atoms with Gasteiger partial charge in [0.1, 0.15) is 0 Å². The van der Waals surface area contributed by atoms with Gasteiger partial charge in [0.25, 0.3) is 0 Å². The summed E-state index contributed by atoms with van der Waals surface area (Å²) < 4.78 is 27.7. The zero-order valence-electron chi connectivity index (χ0n) is 15.8. The fourth-order valence-corrected chi connectivity index (χ4v) is 5.80. The summed E-state index contributed by atoms with van der Waals surface area (Å²) in [5, 5.41) is 0. The van der Waals surface area contributed by atoms with E-state index in [1.165, 1.54) is 25.7 Å². The monoisotopic (exact) mass is 378 g/mol. The molecule has 1 aromatic rings. The summed E-state index contributed by atoms with van der Waals surface area (Å²) >= 11 is 0. The van der Waals surface area contributed by atoms with Crippen molar-refractivity contribution in [2.24, 2.45) is 5.92 Å². The maximum Gasteiger partial charge on any atom is 0.240 e. The van der Waals surface area contributed by atoms with E-state index in [9.17, 15) is 13.2 Å². The second kappa shape index (κ2) is 8.09. The van der Waals surface area contributed by atoms with Gasteiger partial charge in [0.15, 0.2) is 0 Å². The van der Waals surface area contributed by atoms with Crippen molar-refractivity contribution in [1.29, 1.82) is 0 Å². The van der Waals surface area contributed by atoms with Crippen molar-refractivity contribution in [3.05, 3.63) is 29.3 Å². The van der Waals surface area contributed by atoms with Crippen LogP contribution in [0.4, 0.5) is 0 Å². The van der Waals surface area contributed by atoms with Crippen molar-refractivity contribution in [2.75, 3.05) is 13.1 Å². The summed E-state index contributed by atoms with van der Waals surface area (Å²) in [5.74, 6) is 0.735. The lowest BCUT2D eigenvalue weighted by Crippen LogP contribution is -2.50. The van der Waals surface area contributed by atoms with E-state index in [1.807, 2.05) is 24.0 Å². The van der Waals surface area contributed by atoms with Crippen LogP contribution in [0.1, 0.15) is 56.1 Å². The van der Waals surface area contributed by atoms with Gasteiger partial charge in [-0.25, -0.2) is 13.1 Å². The first kappa shape index (κ1) is 19.4. The Balaban J connectivity index is 1.58. The molecule has 1 aromatic carbocycles. The third kappa shape index (κ3) is 4.29. The van der Waals surface area contributed by atoms with E-state index < -0.39 is 10.0 Å². The number of hydrogen-bond donors (Lipinski definition) is 1. The number of hydrogen-bond acceptors (Lipinski definition) is 3. The fourth-order valence-electron chi connectivity index (χ4n) is 4.44. The minimum atomic E-state index is -3.58. The van der Waals surface area contributed by atoms with Gasteiger partial charge in [-0.2, -0.15) is 0 Å². The van der Waals surface area contributed by atoms with E-state index in [0.717, 1.165) is 30.5 Å². The SMILES string of the molecule is Cc1ccc(C)c(S(=O)(=O)NCCC(=O)N2CCC[C@@H]3CCCC[C@H]32)c1. The quantitative estimate of drug-likeness (QED) is 0.856. The Morgan fingerprint density at radius 2 is 1.88 bits per heavy atom. The second-order valence-electron chi connectivity index (χ2n) is 7.76. The zero-order chi connectivity index (χ0) is 18.7. The van der Waals surface area contributed by atoms with Crippen LogP contribution < -0.4 is 4.72 Å². The molecule has 6 heteroatoms. The average Bonchev–Trinajstić information content (AvgIpc) is 2.63. The molecular weight excluding hydrogens is 348 g/mol. The lowest BCUT2D eigenvalue weighted by molar-refractivity contribution is -0.137. The molecule has 144 valence electrons. The highest BCUT2D eigenvalue weighted by atomic mass is 32.2. The standard InChI is InChI=1S/C20H30N2O3S/c1-15-9-10-16(2)19(14-15)26(24,25)21-12-11-20(23)22-13-5-7-17-6-3-4-8-18(17)22/h9-10,14,17-18,21H,3-8,11-13H2,1-2H3/t17-,18+/m0/s1. The summed E-state index contributed by atoms with van der Waals surface area (Å²) in [5.41, 5.74) is 1.62. The van der Waals surface area contributed by atoms with Crippen LogP contribution in [-0.4, -0.2) is 38.4 Å². The number of carbonyl (C=O) groups is 1. The maximum absolute atomic E-state index is 12.7. The summed E-state index contributed by atoms with van der Waals surface area (Å²) in [6.07, 6.45) is 7.34. The third-order valence-corrected chi connectivity index (χ3v) is 7.43. The number of sulfonamides is 1. The van der Waals surface area contributed by atoms with Crippen molar-refractivity contribution < 1.29 is 13.2 Å². The van der Waals surface area contributed by atoms with Crippen molar-refractivity contribution >= 4 is 15.9 Å². The highest BCUT2D eigenvalue weighted by molar-refractivity contribution is 7.89. The number of rotatable bonds is 5. The number of piperidine rings is 1. The Morgan fingerprint density at radius 1 is 1.15 bits per heavy atom. The Bertz CT molecular complexity index is 758. The number of nitrogens with zero attached hydrogens (tertiary/aromatic N) is 1. The second-order valence-corrected chi connectivity index (χ2v) is 9.49. The van der Waals surface area contributed by atoms with Crippen molar-refractivity contribution in [1.82, 2.24) is 9.62 Å². The molecule has 1 amide bonds. The predicted molar refractivity (Wildman–Crippen MR) is 102 cm³/mol. The summed E-state index contributed by atoms with van der Waals surface area (Å²) in [7, 11) is -3.58. The van der Waals surface area contributed by atoms with Crippen LogP contribution in [0, 0.1) is 19.8 Å². The number of benzene rings is 1. The molecule has 26 heavy (non-hydrogen) atoms. The lowest BCUT2D eigenvalue weighted by Gasteiger charge is -2.44. The van der Waals surface area contributed by atoms with E-state index in [2.05, 4.69) is 4.72 Å². The van der Waals surface area contributed by atoms with Gasteiger partial charge >= 0.3 is 0 Å². The number of aryl methyl sites for hydroxylation is 2. The molecule has 0 radical (unpaired) electrons. The molecule has 2 fully saturated rings. The highest BCUT2D eigenvalue weighted by Gasteiger charge is 2.35. The molecule has 0 aromatic heterocycles. The minimum Gasteiger partial charge on any atom is -0.339 e. The van der Waals surface area contributed by atoms with Crippen LogP contribution in [0.25, 0.3) is 0 Å². The predicted octanol–water partition coefficient (Wildman–Crippen LogP) is 3.15. The molecular formula is C20H30N2O3S. The van der Waals surface area contributed by atoms with Gasteiger partial charge in [0.2, 0.25) is 15.9 Å². The minimum absolute atomic E-state index is 0.0882. The molecule has 1 heterocycles. The van der Waals surface area contributed by atoms with E-state index in [1.54, 1.807) is 13.0 Å². The number of carbonyl (C=O) groups excluding carboxylic acids is 1. The van der Waals surface area contributed by atoms with Gasteiger partial charge in [0, 0.05) is 25.6 Å². The third-order valence-electron chi connectivity index (χ3n) is 5.83. The van der Waals surface area contributed by atoms with Gasteiger partial charge in [-0.05, 0) is 62.6 Å². The van der Waals surface area contributed by atoms with Crippen LogP contribution >= 0.6 is 0 Å². The molecule has 2 atom stereocenters. The lowest BCUT2D eigenvalue weighted by atomic mass is 9.78. The van der Waals surface area contributed by atoms with Crippen LogP contribution in [-0.2, 0) is 14.8 Å². The number of likely N-dealkylation sites (tertiary alicyclic amines) is 1. The maximum atomic E-state index is 12.7. The molecule has 0 spiro atoms. The Hall–Kier alpha value is -1.40. The first-order valence-electron chi connectivity index (χ1n) is 9.75. The molecule has 0 unspecified atom stereocenters. The van der Waals surface area contributed by atoms with Gasteiger partial charge in [0.05, 0.1) is 4.90 Å². The van der Waals surface area contributed by atoms with Crippen LogP contribution in [0.15, 0.2) is 23.1 Å². The molecule has 2 aliphatic rings. The summed E-state index contributed by atoms with van der Waals surface area (Å²) in [6, 6.07) is 5.76. The summed E-state index contributed by atoms with van der Waals surface area (Å²) in [4.78, 5) is 15.0. The molecule has 0 bridgehead atoms. The Labute approximate surface area is 157 Å². The van der Waals surface area contributed by atoms with E-state index in [4.69, 9.17) is 0 Å². The van der Waals surface area contributed by atoms with Gasteiger partial charge < -0.3 is 4.90 Å². The van der Waals surface area contributed by atoms with E-state index in [0.29, 0.717) is 16.9 Å². The number of amides is 1. The van der Waals surface area contributed by atoms with Crippen LogP contribution in [0.3, 0.4) is 0 Å². The van der Waals surface area contributed by atoms with Gasteiger partial charge in [-0.3, -0.25) is 4.79 Å². The zero-order valence-corrected chi connectivity index (χ0v) is 16.6. The first-order valence-corrected chi connectivity index (χ1v) is 11.2. The van der Waals surface area contributed by atoms with Crippen LogP contribution in [0.5, 0.6) is 0 Å². The molecule has 1 saturated heterocycles. The van der Waals surface area contributed by atoms with Crippen molar-refractivity contribution in [3.8, 4) is 0 Å². The number of nitrogens with one attached hydrogen (secondary N) is 1. The average molecular weight is 379 g/mol. The van der Waals surface area contributed by atoms with E-state index >= 15 is 0 Å². The van der Waals surface area contributed by atoms with Gasteiger partial charge in [-0.1, -0.05) is 25.0 Å². The molecule has 1 aliphatic carbocycles. The van der Waals surface area contributed by atoms with Crippen molar-refractivity contribution in [2.45, 2.75) is 69.7 Å². The Morgan fingerprint density at radius 3 is 2.69 bits per heavy atom. The molecule has 1 saturated carbocycles. The van der Waals surface area contributed by atoms with Gasteiger partial charge in [-0.15, -0.1) is 0 Å². The topological polar surface area (TPSA) is 66.5 Å². The molecule has 1 aliphatic heterocycles. The Kier molecular flexibility index (Phi) is 6.03.